The van der Waals surface area contributed by atoms with E-state index in [0.29, 0.717) is 18.4 Å². The van der Waals surface area contributed by atoms with Crippen LogP contribution in [0.15, 0.2) is 12.3 Å². The molecule has 1 aromatic rings. The molecule has 0 spiro atoms. The van der Waals surface area contributed by atoms with E-state index in [1.807, 2.05) is 0 Å². The van der Waals surface area contributed by atoms with Gasteiger partial charge >= 0.3 is 5.97 Å². The Hall–Kier alpha value is -1.78. The minimum absolute atomic E-state index is 0.0827. The maximum absolute atomic E-state index is 10.8. The summed E-state index contributed by atoms with van der Waals surface area (Å²) < 4.78 is 5.64. The molecule has 0 aromatic carbocycles. The summed E-state index contributed by atoms with van der Waals surface area (Å²) in [5.74, 6) is -0.133. The molecule has 1 aliphatic carbocycles. The number of carboxylic acids is 1. The summed E-state index contributed by atoms with van der Waals surface area (Å²) in [4.78, 5) is 14.8. The summed E-state index contributed by atoms with van der Waals surface area (Å²) >= 11 is 0. The third kappa shape index (κ3) is 3.84. The number of aromatic carboxylic acids is 1. The van der Waals surface area contributed by atoms with Crippen molar-refractivity contribution in [3.63, 3.8) is 0 Å². The molecule has 104 valence electrons. The van der Waals surface area contributed by atoms with Gasteiger partial charge in [-0.1, -0.05) is 25.7 Å². The lowest BCUT2D eigenvalue weighted by atomic mass is 10.0. The van der Waals surface area contributed by atoms with Gasteiger partial charge in [0.1, 0.15) is 0 Å². The first kappa shape index (κ1) is 13.6. The molecule has 1 aromatic heterocycles. The largest absolute Gasteiger partial charge is 0.478 e. The molecule has 0 radical (unpaired) electrons. The van der Waals surface area contributed by atoms with Crippen molar-refractivity contribution >= 4 is 11.7 Å². The fraction of sp³-hybridized carbons (Fsp3) is 0.571. The molecule has 3 N–H and O–H groups in total. The van der Waals surface area contributed by atoms with Gasteiger partial charge in [0.15, 0.2) is 0 Å². The van der Waals surface area contributed by atoms with Gasteiger partial charge < -0.3 is 15.6 Å². The van der Waals surface area contributed by atoms with Crippen molar-refractivity contribution in [2.45, 2.75) is 38.5 Å². The first-order valence-electron chi connectivity index (χ1n) is 6.78. The standard InChI is InChI=1S/C14H20N2O3/c15-12-7-11(14(17)18)8-16-13(12)19-9-10-5-3-1-2-4-6-10/h7-8,10H,1-6,9,15H2,(H,17,18). The van der Waals surface area contributed by atoms with Crippen LogP contribution in [0.1, 0.15) is 48.9 Å². The summed E-state index contributed by atoms with van der Waals surface area (Å²) in [7, 11) is 0. The summed E-state index contributed by atoms with van der Waals surface area (Å²) in [6.45, 7) is 0.615. The van der Waals surface area contributed by atoms with Gasteiger partial charge in [-0.2, -0.15) is 0 Å². The number of nitrogens with zero attached hydrogens (tertiary/aromatic N) is 1. The number of rotatable bonds is 4. The number of carbonyl (C=O) groups is 1. The van der Waals surface area contributed by atoms with Crippen molar-refractivity contribution in [3.8, 4) is 5.88 Å². The van der Waals surface area contributed by atoms with Crippen LogP contribution in [-0.4, -0.2) is 22.7 Å². The number of hydrogen-bond acceptors (Lipinski definition) is 4. The first-order chi connectivity index (χ1) is 9.16. The molecule has 0 atom stereocenters. The number of ether oxygens (including phenoxy) is 1. The predicted octanol–water partition coefficient (Wildman–Crippen LogP) is 2.71. The van der Waals surface area contributed by atoms with Crippen molar-refractivity contribution in [2.24, 2.45) is 5.92 Å². The Labute approximate surface area is 112 Å². The van der Waals surface area contributed by atoms with Crippen LogP contribution in [0, 0.1) is 5.92 Å². The molecular formula is C14H20N2O3. The molecular weight excluding hydrogens is 244 g/mol. The van der Waals surface area contributed by atoms with Crippen molar-refractivity contribution in [1.82, 2.24) is 4.98 Å². The normalized spacial score (nSPS) is 16.8. The zero-order valence-corrected chi connectivity index (χ0v) is 11.0. The average molecular weight is 264 g/mol. The summed E-state index contributed by atoms with van der Waals surface area (Å²) in [5.41, 5.74) is 6.12. The van der Waals surface area contributed by atoms with Crippen molar-refractivity contribution < 1.29 is 14.6 Å². The molecule has 2 rings (SSSR count). The van der Waals surface area contributed by atoms with E-state index in [0.717, 1.165) is 0 Å². The SMILES string of the molecule is Nc1cc(C(=O)O)cnc1OCC1CCCCCC1. The number of anilines is 1. The van der Waals surface area contributed by atoms with E-state index in [2.05, 4.69) is 4.98 Å². The number of hydrogen-bond donors (Lipinski definition) is 2. The minimum Gasteiger partial charge on any atom is -0.478 e. The molecule has 0 unspecified atom stereocenters. The second kappa shape index (κ2) is 6.41. The summed E-state index contributed by atoms with van der Waals surface area (Å²) in [6.07, 6.45) is 8.79. The van der Waals surface area contributed by atoms with Crippen LogP contribution in [0.5, 0.6) is 5.88 Å². The van der Waals surface area contributed by atoms with E-state index in [1.165, 1.54) is 50.8 Å². The van der Waals surface area contributed by atoms with Crippen molar-refractivity contribution in [1.29, 1.82) is 0 Å². The molecule has 1 heterocycles. The Kier molecular flexibility index (Phi) is 4.60. The number of nitrogens with two attached hydrogens (primary N) is 1. The molecule has 0 amide bonds. The lowest BCUT2D eigenvalue weighted by Gasteiger charge is -2.15. The van der Waals surface area contributed by atoms with E-state index < -0.39 is 5.97 Å². The van der Waals surface area contributed by atoms with Crippen molar-refractivity contribution in [3.05, 3.63) is 17.8 Å². The predicted molar refractivity (Wildman–Crippen MR) is 72.3 cm³/mol. The first-order valence-corrected chi connectivity index (χ1v) is 6.78. The van der Waals surface area contributed by atoms with Gasteiger partial charge in [-0.15, -0.1) is 0 Å². The van der Waals surface area contributed by atoms with Gasteiger partial charge in [0.25, 0.3) is 0 Å². The maximum atomic E-state index is 10.8. The topological polar surface area (TPSA) is 85.4 Å². The van der Waals surface area contributed by atoms with Crippen LogP contribution in [0.25, 0.3) is 0 Å². The molecule has 5 heteroatoms. The highest BCUT2D eigenvalue weighted by Gasteiger charge is 2.14. The average Bonchev–Trinajstić information content (AvgIpc) is 2.65. The Morgan fingerprint density at radius 3 is 2.63 bits per heavy atom. The lowest BCUT2D eigenvalue weighted by molar-refractivity contribution is 0.0696. The number of nitrogen functional groups attached to an aromatic ring is 1. The highest BCUT2D eigenvalue weighted by molar-refractivity contribution is 5.88. The van der Waals surface area contributed by atoms with Crippen LogP contribution in [-0.2, 0) is 0 Å². The molecule has 5 nitrogen and oxygen atoms in total. The second-order valence-corrected chi connectivity index (χ2v) is 5.09. The molecule has 0 aliphatic heterocycles. The van der Waals surface area contributed by atoms with Gasteiger partial charge in [0.2, 0.25) is 5.88 Å². The molecule has 1 fully saturated rings. The van der Waals surface area contributed by atoms with E-state index in [-0.39, 0.29) is 11.3 Å². The quantitative estimate of drug-likeness (QED) is 0.817. The third-order valence-electron chi connectivity index (χ3n) is 3.56. The Bertz CT molecular complexity index is 440. The van der Waals surface area contributed by atoms with Crippen LogP contribution in [0.3, 0.4) is 0 Å². The fourth-order valence-corrected chi connectivity index (χ4v) is 2.43. The van der Waals surface area contributed by atoms with Gasteiger partial charge in [-0.05, 0) is 24.8 Å². The highest BCUT2D eigenvalue weighted by Crippen LogP contribution is 2.25. The molecule has 0 bridgehead atoms. The lowest BCUT2D eigenvalue weighted by Crippen LogP contribution is -2.13. The van der Waals surface area contributed by atoms with Gasteiger partial charge in [0.05, 0.1) is 17.9 Å². The number of aromatic nitrogens is 1. The smallest absolute Gasteiger partial charge is 0.337 e. The molecule has 19 heavy (non-hydrogen) atoms. The van der Waals surface area contributed by atoms with Gasteiger partial charge in [0, 0.05) is 6.20 Å². The van der Waals surface area contributed by atoms with E-state index in [1.54, 1.807) is 0 Å². The second-order valence-electron chi connectivity index (χ2n) is 5.09. The summed E-state index contributed by atoms with van der Waals surface area (Å²) in [6, 6.07) is 1.39. The summed E-state index contributed by atoms with van der Waals surface area (Å²) in [5, 5.41) is 8.83. The van der Waals surface area contributed by atoms with E-state index >= 15 is 0 Å². The van der Waals surface area contributed by atoms with E-state index in [4.69, 9.17) is 15.6 Å². The van der Waals surface area contributed by atoms with Gasteiger partial charge in [-0.3, -0.25) is 0 Å². The highest BCUT2D eigenvalue weighted by atomic mass is 16.5. The zero-order valence-electron chi connectivity index (χ0n) is 11.0. The molecule has 1 aliphatic rings. The van der Waals surface area contributed by atoms with Crippen LogP contribution in [0.2, 0.25) is 0 Å². The zero-order chi connectivity index (χ0) is 13.7. The van der Waals surface area contributed by atoms with Crippen LogP contribution >= 0.6 is 0 Å². The number of carboxylic acid groups (broad SMARTS) is 1. The van der Waals surface area contributed by atoms with Crippen LogP contribution < -0.4 is 10.5 Å². The number of pyridine rings is 1. The molecule has 0 saturated heterocycles. The fourth-order valence-electron chi connectivity index (χ4n) is 2.43. The Balaban J connectivity index is 1.93. The van der Waals surface area contributed by atoms with Crippen molar-refractivity contribution in [2.75, 3.05) is 12.3 Å². The maximum Gasteiger partial charge on any atom is 0.337 e. The van der Waals surface area contributed by atoms with E-state index in [9.17, 15) is 4.79 Å². The van der Waals surface area contributed by atoms with Crippen LogP contribution in [0.4, 0.5) is 5.69 Å². The van der Waals surface area contributed by atoms with Gasteiger partial charge in [-0.25, -0.2) is 9.78 Å². The Morgan fingerprint density at radius 1 is 1.37 bits per heavy atom. The monoisotopic (exact) mass is 264 g/mol. The third-order valence-corrected chi connectivity index (χ3v) is 3.56. The Morgan fingerprint density at radius 2 is 2.05 bits per heavy atom. The molecule has 1 saturated carbocycles. The minimum atomic E-state index is -1.03.